The summed E-state index contributed by atoms with van der Waals surface area (Å²) in [5.41, 5.74) is 0.365. The summed E-state index contributed by atoms with van der Waals surface area (Å²) in [4.78, 5) is 13.4. The standard InChI is InChI=1S/C10H17NO2/c1-10(2)3-7(4-10)9(13)11-5-8(12)6-11/h7-8,12H,3-6H2,1-2H3. The van der Waals surface area contributed by atoms with Crippen molar-refractivity contribution >= 4 is 5.91 Å². The average molecular weight is 183 g/mol. The number of carbonyl (C=O) groups excluding carboxylic acids is 1. The molecule has 2 rings (SSSR count). The number of β-amino-alcohol motifs (C(OH)–C–C–N with tert-alkyl or cyclic N) is 1. The molecule has 3 nitrogen and oxygen atoms in total. The van der Waals surface area contributed by atoms with Gasteiger partial charge in [-0.2, -0.15) is 0 Å². The van der Waals surface area contributed by atoms with Crippen molar-refractivity contribution in [3.05, 3.63) is 0 Å². The Bertz CT molecular complexity index is 223. The zero-order valence-corrected chi connectivity index (χ0v) is 8.29. The van der Waals surface area contributed by atoms with Crippen LogP contribution in [0.2, 0.25) is 0 Å². The van der Waals surface area contributed by atoms with Gasteiger partial charge in [0.05, 0.1) is 6.10 Å². The lowest BCUT2D eigenvalue weighted by Gasteiger charge is -2.46. The van der Waals surface area contributed by atoms with E-state index in [0.29, 0.717) is 18.5 Å². The Morgan fingerprint density at radius 1 is 1.38 bits per heavy atom. The summed E-state index contributed by atoms with van der Waals surface area (Å²) in [7, 11) is 0. The summed E-state index contributed by atoms with van der Waals surface area (Å²) in [6.07, 6.45) is 1.76. The maximum Gasteiger partial charge on any atom is 0.225 e. The highest BCUT2D eigenvalue weighted by molar-refractivity contribution is 5.80. The summed E-state index contributed by atoms with van der Waals surface area (Å²) in [5.74, 6) is 0.493. The summed E-state index contributed by atoms with van der Waals surface area (Å²) < 4.78 is 0. The Hall–Kier alpha value is -0.570. The molecule has 1 amide bonds. The van der Waals surface area contributed by atoms with Gasteiger partial charge in [-0.25, -0.2) is 0 Å². The molecule has 74 valence electrons. The second-order valence-electron chi connectivity index (χ2n) is 5.17. The molecule has 0 spiro atoms. The second kappa shape index (κ2) is 2.71. The second-order valence-corrected chi connectivity index (χ2v) is 5.17. The number of rotatable bonds is 1. The molecule has 0 aromatic heterocycles. The fourth-order valence-corrected chi connectivity index (χ4v) is 2.34. The third-order valence-electron chi connectivity index (χ3n) is 3.12. The van der Waals surface area contributed by atoms with Crippen molar-refractivity contribution in [1.82, 2.24) is 4.90 Å². The largest absolute Gasteiger partial charge is 0.389 e. The molecule has 1 aliphatic heterocycles. The van der Waals surface area contributed by atoms with Crippen molar-refractivity contribution in [2.75, 3.05) is 13.1 Å². The van der Waals surface area contributed by atoms with Crippen molar-refractivity contribution < 1.29 is 9.90 Å². The number of amides is 1. The average Bonchev–Trinajstić information content (AvgIpc) is 1.92. The van der Waals surface area contributed by atoms with E-state index in [9.17, 15) is 4.79 Å². The summed E-state index contributed by atoms with van der Waals surface area (Å²) in [5, 5.41) is 9.05. The number of hydrogen-bond donors (Lipinski definition) is 1. The number of carbonyl (C=O) groups is 1. The highest BCUT2D eigenvalue weighted by Gasteiger charge is 2.44. The van der Waals surface area contributed by atoms with Crippen LogP contribution in [0.4, 0.5) is 0 Å². The van der Waals surface area contributed by atoms with Crippen LogP contribution in [0.3, 0.4) is 0 Å². The highest BCUT2D eigenvalue weighted by Crippen LogP contribution is 2.45. The molecule has 13 heavy (non-hydrogen) atoms. The normalized spacial score (nSPS) is 28.1. The summed E-state index contributed by atoms with van der Waals surface area (Å²) in [6.45, 7) is 5.50. The van der Waals surface area contributed by atoms with Gasteiger partial charge in [0, 0.05) is 19.0 Å². The van der Waals surface area contributed by atoms with Gasteiger partial charge in [0.15, 0.2) is 0 Å². The fraction of sp³-hybridized carbons (Fsp3) is 0.900. The van der Waals surface area contributed by atoms with Crippen LogP contribution >= 0.6 is 0 Å². The Labute approximate surface area is 78.7 Å². The first-order chi connectivity index (χ1) is 5.98. The van der Waals surface area contributed by atoms with Crippen LogP contribution in [0.1, 0.15) is 26.7 Å². The molecule has 1 aliphatic carbocycles. The van der Waals surface area contributed by atoms with E-state index in [0.717, 1.165) is 12.8 Å². The molecule has 1 saturated carbocycles. The molecule has 1 N–H and O–H groups in total. The van der Waals surface area contributed by atoms with Crippen molar-refractivity contribution in [2.45, 2.75) is 32.8 Å². The van der Waals surface area contributed by atoms with E-state index in [2.05, 4.69) is 13.8 Å². The lowest BCUT2D eigenvalue weighted by Crippen LogP contribution is -2.57. The minimum atomic E-state index is -0.267. The quantitative estimate of drug-likeness (QED) is 0.647. The van der Waals surface area contributed by atoms with Gasteiger partial charge in [0.2, 0.25) is 5.91 Å². The van der Waals surface area contributed by atoms with E-state index < -0.39 is 0 Å². The number of hydrogen-bond acceptors (Lipinski definition) is 2. The van der Waals surface area contributed by atoms with Crippen molar-refractivity contribution in [2.24, 2.45) is 11.3 Å². The third kappa shape index (κ3) is 1.57. The molecule has 2 aliphatic rings. The summed E-state index contributed by atoms with van der Waals surface area (Å²) in [6, 6.07) is 0. The number of aliphatic hydroxyl groups excluding tert-OH is 1. The van der Waals surface area contributed by atoms with Crippen molar-refractivity contribution in [1.29, 1.82) is 0 Å². The van der Waals surface area contributed by atoms with Crippen LogP contribution in [-0.2, 0) is 4.79 Å². The van der Waals surface area contributed by atoms with Crippen LogP contribution < -0.4 is 0 Å². The SMILES string of the molecule is CC1(C)CC(C(=O)N2CC(O)C2)C1. The Balaban J connectivity index is 1.80. The summed E-state index contributed by atoms with van der Waals surface area (Å²) >= 11 is 0. The highest BCUT2D eigenvalue weighted by atomic mass is 16.3. The van der Waals surface area contributed by atoms with Gasteiger partial charge in [0.25, 0.3) is 0 Å². The minimum absolute atomic E-state index is 0.238. The van der Waals surface area contributed by atoms with Crippen LogP contribution in [-0.4, -0.2) is 35.1 Å². The smallest absolute Gasteiger partial charge is 0.225 e. The molecule has 0 atom stereocenters. The molecule has 2 fully saturated rings. The topological polar surface area (TPSA) is 40.5 Å². The molecule has 0 aromatic rings. The molecule has 3 heteroatoms. The first-order valence-corrected chi connectivity index (χ1v) is 4.95. The van der Waals surface area contributed by atoms with E-state index in [1.807, 2.05) is 0 Å². The number of nitrogens with zero attached hydrogens (tertiary/aromatic N) is 1. The van der Waals surface area contributed by atoms with Crippen molar-refractivity contribution in [3.63, 3.8) is 0 Å². The molecule has 0 unspecified atom stereocenters. The van der Waals surface area contributed by atoms with Gasteiger partial charge in [-0.15, -0.1) is 0 Å². The van der Waals surface area contributed by atoms with Gasteiger partial charge in [-0.3, -0.25) is 4.79 Å². The molecule has 0 radical (unpaired) electrons. The molecular formula is C10H17NO2. The Morgan fingerprint density at radius 2 is 1.92 bits per heavy atom. The Morgan fingerprint density at radius 3 is 2.31 bits per heavy atom. The molecular weight excluding hydrogens is 166 g/mol. The van der Waals surface area contributed by atoms with Gasteiger partial charge in [-0.05, 0) is 18.3 Å². The number of likely N-dealkylation sites (tertiary alicyclic amines) is 1. The monoisotopic (exact) mass is 183 g/mol. The zero-order valence-electron chi connectivity index (χ0n) is 8.29. The number of aliphatic hydroxyl groups is 1. The van der Waals surface area contributed by atoms with Crippen molar-refractivity contribution in [3.8, 4) is 0 Å². The van der Waals surface area contributed by atoms with Crippen LogP contribution in [0.15, 0.2) is 0 Å². The molecule has 1 heterocycles. The van der Waals surface area contributed by atoms with Crippen LogP contribution in [0.25, 0.3) is 0 Å². The van der Waals surface area contributed by atoms with E-state index in [4.69, 9.17) is 5.11 Å². The maximum atomic E-state index is 11.7. The van der Waals surface area contributed by atoms with Crippen LogP contribution in [0.5, 0.6) is 0 Å². The lowest BCUT2D eigenvalue weighted by atomic mass is 9.64. The zero-order chi connectivity index (χ0) is 9.64. The van der Waals surface area contributed by atoms with Gasteiger partial charge in [-0.1, -0.05) is 13.8 Å². The fourth-order valence-electron chi connectivity index (χ4n) is 2.34. The third-order valence-corrected chi connectivity index (χ3v) is 3.12. The van der Waals surface area contributed by atoms with Gasteiger partial charge < -0.3 is 10.0 Å². The first-order valence-electron chi connectivity index (χ1n) is 4.95. The first kappa shape index (κ1) is 9.00. The Kier molecular flexibility index (Phi) is 1.88. The molecule has 1 saturated heterocycles. The van der Waals surface area contributed by atoms with E-state index in [1.54, 1.807) is 4.90 Å². The van der Waals surface area contributed by atoms with E-state index >= 15 is 0 Å². The van der Waals surface area contributed by atoms with Gasteiger partial charge in [0.1, 0.15) is 0 Å². The van der Waals surface area contributed by atoms with Crippen LogP contribution in [0, 0.1) is 11.3 Å². The van der Waals surface area contributed by atoms with E-state index in [1.165, 1.54) is 0 Å². The molecule has 0 aromatic carbocycles. The minimum Gasteiger partial charge on any atom is -0.389 e. The predicted molar refractivity (Wildman–Crippen MR) is 49.1 cm³/mol. The van der Waals surface area contributed by atoms with Gasteiger partial charge >= 0.3 is 0 Å². The lowest BCUT2D eigenvalue weighted by molar-refractivity contribution is -0.152. The maximum absolute atomic E-state index is 11.7. The van der Waals surface area contributed by atoms with E-state index in [-0.39, 0.29) is 17.9 Å². The predicted octanol–water partition coefficient (Wildman–Crippen LogP) is 0.626. The molecule has 0 bridgehead atoms.